The van der Waals surface area contributed by atoms with E-state index >= 15 is 0 Å². The zero-order valence-electron chi connectivity index (χ0n) is 17.3. The van der Waals surface area contributed by atoms with Gasteiger partial charge in [-0.1, -0.05) is 25.7 Å². The standard InChI is InChI=1S/C24H36N2O2/c27-24(26-16-3-4-17-26)21-9-11-22(12-10-21)28-23-13-18-25(19-14-23)15-5-8-20-6-1-2-7-20/h9-12,20,23H,1-8,13-19H2. The lowest BCUT2D eigenvalue weighted by molar-refractivity contribution is 0.0792. The van der Waals surface area contributed by atoms with Gasteiger partial charge in [-0.25, -0.2) is 0 Å². The number of hydrogen-bond donors (Lipinski definition) is 0. The van der Waals surface area contributed by atoms with Gasteiger partial charge in [0.15, 0.2) is 0 Å². The summed E-state index contributed by atoms with van der Waals surface area (Å²) in [5.74, 6) is 2.08. The second-order valence-electron chi connectivity index (χ2n) is 8.98. The van der Waals surface area contributed by atoms with Crippen molar-refractivity contribution >= 4 is 5.91 Å². The molecule has 0 radical (unpaired) electrons. The number of nitrogens with zero attached hydrogens (tertiary/aromatic N) is 2. The zero-order chi connectivity index (χ0) is 19.2. The van der Waals surface area contributed by atoms with E-state index in [1.54, 1.807) is 0 Å². The topological polar surface area (TPSA) is 32.8 Å². The van der Waals surface area contributed by atoms with Gasteiger partial charge in [0, 0.05) is 31.7 Å². The largest absolute Gasteiger partial charge is 0.490 e. The average molecular weight is 385 g/mol. The number of likely N-dealkylation sites (tertiary alicyclic amines) is 2. The number of hydrogen-bond acceptors (Lipinski definition) is 3. The van der Waals surface area contributed by atoms with Crippen LogP contribution in [0.25, 0.3) is 0 Å². The van der Waals surface area contributed by atoms with E-state index in [1.807, 2.05) is 29.2 Å². The molecule has 3 fully saturated rings. The van der Waals surface area contributed by atoms with Crippen LogP contribution in [0.3, 0.4) is 0 Å². The maximum Gasteiger partial charge on any atom is 0.253 e. The van der Waals surface area contributed by atoms with Gasteiger partial charge < -0.3 is 14.5 Å². The number of amides is 1. The molecular weight excluding hydrogens is 348 g/mol. The van der Waals surface area contributed by atoms with E-state index in [2.05, 4.69) is 4.90 Å². The first kappa shape index (κ1) is 19.8. The summed E-state index contributed by atoms with van der Waals surface area (Å²) < 4.78 is 6.20. The Balaban J connectivity index is 1.16. The van der Waals surface area contributed by atoms with Crippen LogP contribution in [0.1, 0.15) is 74.6 Å². The SMILES string of the molecule is O=C(c1ccc(OC2CCN(CCCC3CCCC3)CC2)cc1)N1CCCC1. The molecule has 3 aliphatic rings. The highest BCUT2D eigenvalue weighted by Crippen LogP contribution is 2.29. The van der Waals surface area contributed by atoms with Crippen molar-refractivity contribution in [2.24, 2.45) is 5.92 Å². The van der Waals surface area contributed by atoms with Gasteiger partial charge in [-0.3, -0.25) is 4.79 Å². The fraction of sp³-hybridized carbons (Fsp3) is 0.708. The molecular formula is C24H36N2O2. The van der Waals surface area contributed by atoms with Gasteiger partial charge in [0.1, 0.15) is 11.9 Å². The number of carbonyl (C=O) groups is 1. The van der Waals surface area contributed by atoms with Crippen molar-refractivity contribution in [3.63, 3.8) is 0 Å². The van der Waals surface area contributed by atoms with Crippen LogP contribution in [-0.2, 0) is 0 Å². The second-order valence-corrected chi connectivity index (χ2v) is 8.98. The lowest BCUT2D eigenvalue weighted by Gasteiger charge is -2.32. The number of piperidine rings is 1. The van der Waals surface area contributed by atoms with Gasteiger partial charge in [-0.05, 0) is 75.3 Å². The van der Waals surface area contributed by atoms with E-state index in [-0.39, 0.29) is 5.91 Å². The maximum atomic E-state index is 12.4. The fourth-order valence-electron chi connectivity index (χ4n) is 5.12. The fourth-order valence-corrected chi connectivity index (χ4v) is 5.12. The van der Waals surface area contributed by atoms with Crippen LogP contribution >= 0.6 is 0 Å². The van der Waals surface area contributed by atoms with Crippen LogP contribution in [0.5, 0.6) is 5.75 Å². The summed E-state index contributed by atoms with van der Waals surface area (Å²) >= 11 is 0. The molecule has 1 saturated carbocycles. The van der Waals surface area contributed by atoms with Crippen molar-refractivity contribution in [1.82, 2.24) is 9.80 Å². The summed E-state index contributed by atoms with van der Waals surface area (Å²) in [6.07, 6.45) is 13.4. The Hall–Kier alpha value is -1.55. The molecule has 0 aromatic heterocycles. The Morgan fingerprint density at radius 1 is 0.893 bits per heavy atom. The number of ether oxygens (including phenoxy) is 1. The monoisotopic (exact) mass is 384 g/mol. The minimum absolute atomic E-state index is 0.162. The molecule has 1 aliphatic carbocycles. The minimum Gasteiger partial charge on any atom is -0.490 e. The van der Waals surface area contributed by atoms with Crippen molar-refractivity contribution in [1.29, 1.82) is 0 Å². The molecule has 1 aromatic rings. The van der Waals surface area contributed by atoms with Crippen LogP contribution < -0.4 is 4.74 Å². The summed E-state index contributed by atoms with van der Waals surface area (Å²) in [6, 6.07) is 7.79. The first-order chi connectivity index (χ1) is 13.8. The highest BCUT2D eigenvalue weighted by Gasteiger charge is 2.22. The Bertz CT molecular complexity index is 610. The molecule has 4 nitrogen and oxygen atoms in total. The summed E-state index contributed by atoms with van der Waals surface area (Å²) in [7, 11) is 0. The molecule has 0 atom stereocenters. The van der Waals surface area contributed by atoms with Crippen molar-refractivity contribution in [3.8, 4) is 5.75 Å². The van der Waals surface area contributed by atoms with E-state index < -0.39 is 0 Å². The van der Waals surface area contributed by atoms with Gasteiger partial charge in [0.2, 0.25) is 0 Å². The van der Waals surface area contributed by atoms with Gasteiger partial charge in [0.25, 0.3) is 5.91 Å². The zero-order valence-corrected chi connectivity index (χ0v) is 17.3. The first-order valence-electron chi connectivity index (χ1n) is 11.6. The number of benzene rings is 1. The third-order valence-corrected chi connectivity index (χ3v) is 6.89. The van der Waals surface area contributed by atoms with Gasteiger partial charge in [0.05, 0.1) is 0 Å². The van der Waals surface area contributed by atoms with Crippen LogP contribution in [0.4, 0.5) is 0 Å². The van der Waals surface area contributed by atoms with Crippen molar-refractivity contribution < 1.29 is 9.53 Å². The third kappa shape index (κ3) is 5.28. The minimum atomic E-state index is 0.162. The summed E-state index contributed by atoms with van der Waals surface area (Å²) in [4.78, 5) is 17.0. The number of carbonyl (C=O) groups excluding carboxylic acids is 1. The summed E-state index contributed by atoms with van der Waals surface area (Å²) in [6.45, 7) is 5.37. The molecule has 4 heteroatoms. The third-order valence-electron chi connectivity index (χ3n) is 6.89. The predicted molar refractivity (Wildman–Crippen MR) is 113 cm³/mol. The predicted octanol–water partition coefficient (Wildman–Crippen LogP) is 4.74. The molecule has 28 heavy (non-hydrogen) atoms. The van der Waals surface area contributed by atoms with Crippen LogP contribution in [0.15, 0.2) is 24.3 Å². The van der Waals surface area contributed by atoms with Gasteiger partial charge >= 0.3 is 0 Å². The molecule has 154 valence electrons. The van der Waals surface area contributed by atoms with E-state index in [0.717, 1.165) is 69.1 Å². The van der Waals surface area contributed by atoms with Crippen LogP contribution in [-0.4, -0.2) is 54.5 Å². The van der Waals surface area contributed by atoms with Crippen molar-refractivity contribution in [3.05, 3.63) is 29.8 Å². The normalized spacial score (nSPS) is 22.1. The molecule has 2 heterocycles. The molecule has 0 unspecified atom stereocenters. The number of rotatable bonds is 7. The van der Waals surface area contributed by atoms with Crippen LogP contribution in [0.2, 0.25) is 0 Å². The molecule has 0 spiro atoms. The molecule has 1 aromatic carbocycles. The molecule has 0 bridgehead atoms. The van der Waals surface area contributed by atoms with Crippen LogP contribution in [0, 0.1) is 5.92 Å². The quantitative estimate of drug-likeness (QED) is 0.681. The first-order valence-corrected chi connectivity index (χ1v) is 11.6. The molecule has 4 rings (SSSR count). The van der Waals surface area contributed by atoms with E-state index in [4.69, 9.17) is 4.74 Å². The highest BCUT2D eigenvalue weighted by atomic mass is 16.5. The maximum absolute atomic E-state index is 12.4. The lowest BCUT2D eigenvalue weighted by Crippen LogP contribution is -2.38. The van der Waals surface area contributed by atoms with Crippen molar-refractivity contribution in [2.75, 3.05) is 32.7 Å². The second kappa shape index (κ2) is 9.78. The van der Waals surface area contributed by atoms with Crippen molar-refractivity contribution in [2.45, 2.75) is 70.3 Å². The van der Waals surface area contributed by atoms with E-state index in [0.29, 0.717) is 6.10 Å². The smallest absolute Gasteiger partial charge is 0.253 e. The Kier molecular flexibility index (Phi) is 6.90. The average Bonchev–Trinajstić information content (AvgIpc) is 3.44. The Morgan fingerprint density at radius 2 is 1.57 bits per heavy atom. The Labute approximate surface area is 170 Å². The lowest BCUT2D eigenvalue weighted by atomic mass is 10.0. The van der Waals surface area contributed by atoms with Gasteiger partial charge in [-0.15, -0.1) is 0 Å². The van der Waals surface area contributed by atoms with E-state index in [9.17, 15) is 4.79 Å². The summed E-state index contributed by atoms with van der Waals surface area (Å²) in [5.41, 5.74) is 0.784. The molecule has 2 aliphatic heterocycles. The Morgan fingerprint density at radius 3 is 2.25 bits per heavy atom. The molecule has 2 saturated heterocycles. The van der Waals surface area contributed by atoms with Gasteiger partial charge in [-0.2, -0.15) is 0 Å². The molecule has 0 N–H and O–H groups in total. The summed E-state index contributed by atoms with van der Waals surface area (Å²) in [5, 5.41) is 0. The highest BCUT2D eigenvalue weighted by molar-refractivity contribution is 5.94. The van der Waals surface area contributed by atoms with E-state index in [1.165, 1.54) is 45.1 Å². The molecule has 1 amide bonds.